The van der Waals surface area contributed by atoms with Crippen LogP contribution in [-0.2, 0) is 17.9 Å². The van der Waals surface area contributed by atoms with Gasteiger partial charge in [0.2, 0.25) is 5.91 Å². The van der Waals surface area contributed by atoms with E-state index in [2.05, 4.69) is 35.3 Å². The van der Waals surface area contributed by atoms with E-state index in [9.17, 15) is 4.79 Å². The van der Waals surface area contributed by atoms with Gasteiger partial charge in [-0.2, -0.15) is 0 Å². The number of benzene rings is 1. The van der Waals surface area contributed by atoms with Crippen molar-refractivity contribution in [2.24, 2.45) is 5.73 Å². The van der Waals surface area contributed by atoms with E-state index in [-0.39, 0.29) is 5.91 Å². The molecule has 1 aliphatic heterocycles. The second-order valence-corrected chi connectivity index (χ2v) is 6.92. The number of hydrogen-bond donors (Lipinski definition) is 2. The van der Waals surface area contributed by atoms with Crippen molar-refractivity contribution in [2.45, 2.75) is 63.7 Å². The molecule has 1 atom stereocenters. The lowest BCUT2D eigenvalue weighted by Crippen LogP contribution is -2.42. The zero-order chi connectivity index (χ0) is 15.6. The molecule has 4 heteroatoms. The summed E-state index contributed by atoms with van der Waals surface area (Å²) in [6, 6.07) is 9.06. The van der Waals surface area contributed by atoms with Gasteiger partial charge in [0.25, 0.3) is 0 Å². The van der Waals surface area contributed by atoms with Gasteiger partial charge in [0.1, 0.15) is 0 Å². The quantitative estimate of drug-likeness (QED) is 0.876. The zero-order valence-electron chi connectivity index (χ0n) is 13.5. The Morgan fingerprint density at radius 3 is 2.73 bits per heavy atom. The van der Waals surface area contributed by atoms with Gasteiger partial charge in [0.05, 0.1) is 5.54 Å². The molecule has 1 aromatic rings. The Morgan fingerprint density at radius 2 is 2.05 bits per heavy atom. The van der Waals surface area contributed by atoms with Crippen molar-refractivity contribution in [3.8, 4) is 0 Å². The molecule has 1 saturated carbocycles. The molecular weight excluding hydrogens is 274 g/mol. The van der Waals surface area contributed by atoms with E-state index in [1.165, 1.54) is 36.9 Å². The van der Waals surface area contributed by atoms with Gasteiger partial charge < -0.3 is 11.1 Å². The average Bonchev–Trinajstić information content (AvgIpc) is 3.27. The van der Waals surface area contributed by atoms with Crippen LogP contribution in [0.5, 0.6) is 0 Å². The van der Waals surface area contributed by atoms with Crippen molar-refractivity contribution in [3.63, 3.8) is 0 Å². The molecule has 3 N–H and O–H groups in total. The third-order valence-electron chi connectivity index (χ3n) is 5.11. The Hall–Kier alpha value is -1.39. The Kier molecular flexibility index (Phi) is 4.50. The predicted octanol–water partition coefficient (Wildman–Crippen LogP) is 2.17. The number of carbonyl (C=O) groups is 1. The van der Waals surface area contributed by atoms with Crippen LogP contribution in [0.1, 0.15) is 50.2 Å². The number of piperidine rings is 1. The molecule has 4 nitrogen and oxygen atoms in total. The van der Waals surface area contributed by atoms with Crippen LogP contribution in [0.15, 0.2) is 24.3 Å². The summed E-state index contributed by atoms with van der Waals surface area (Å²) in [5.41, 5.74) is 7.88. The molecule has 2 fully saturated rings. The van der Waals surface area contributed by atoms with Crippen LogP contribution >= 0.6 is 0 Å². The molecule has 0 bridgehead atoms. The molecule has 0 spiro atoms. The average molecular weight is 301 g/mol. The number of nitrogens with two attached hydrogens (primary N) is 1. The topological polar surface area (TPSA) is 58.4 Å². The molecule has 1 aromatic carbocycles. The molecule has 0 aromatic heterocycles. The van der Waals surface area contributed by atoms with E-state index in [4.69, 9.17) is 5.73 Å². The van der Waals surface area contributed by atoms with Crippen molar-refractivity contribution >= 4 is 5.91 Å². The molecule has 22 heavy (non-hydrogen) atoms. The summed E-state index contributed by atoms with van der Waals surface area (Å²) in [7, 11) is 0. The molecule has 3 rings (SSSR count). The van der Waals surface area contributed by atoms with Gasteiger partial charge in [-0.1, -0.05) is 30.7 Å². The summed E-state index contributed by atoms with van der Waals surface area (Å²) in [5.74, 6) is -0.00589. The number of likely N-dealkylation sites (tertiary alicyclic amines) is 1. The summed E-state index contributed by atoms with van der Waals surface area (Å²) in [6.07, 6.45) is 5.54. The zero-order valence-corrected chi connectivity index (χ0v) is 13.5. The van der Waals surface area contributed by atoms with Gasteiger partial charge in [0, 0.05) is 19.1 Å². The van der Waals surface area contributed by atoms with Crippen LogP contribution < -0.4 is 11.1 Å². The monoisotopic (exact) mass is 301 g/mol. The summed E-state index contributed by atoms with van der Waals surface area (Å²) in [6.45, 7) is 5.04. The van der Waals surface area contributed by atoms with E-state index < -0.39 is 5.54 Å². The van der Waals surface area contributed by atoms with Gasteiger partial charge in [-0.25, -0.2) is 0 Å². The van der Waals surface area contributed by atoms with Gasteiger partial charge in [-0.05, 0) is 50.3 Å². The van der Waals surface area contributed by atoms with Crippen LogP contribution in [0.2, 0.25) is 0 Å². The largest absolute Gasteiger partial charge is 0.350 e. The molecule has 1 heterocycles. The lowest BCUT2D eigenvalue weighted by Gasteiger charge is -2.33. The van der Waals surface area contributed by atoms with Crippen molar-refractivity contribution in [3.05, 3.63) is 35.4 Å². The number of rotatable bonds is 5. The maximum absolute atomic E-state index is 12.0. The van der Waals surface area contributed by atoms with Crippen LogP contribution in [0.4, 0.5) is 0 Å². The standard InChI is InChI=1S/C18H27N3O/c1-14-6-4-5-11-21(14)13-16-8-3-2-7-15(16)12-20-17(22)18(19)9-10-18/h2-3,7-8,14H,4-6,9-13,19H2,1H3,(H,20,22)/t14-/m1/s1. The summed E-state index contributed by atoms with van der Waals surface area (Å²) < 4.78 is 0. The van der Waals surface area contributed by atoms with Crippen molar-refractivity contribution < 1.29 is 4.79 Å². The van der Waals surface area contributed by atoms with E-state index in [1.807, 2.05) is 6.07 Å². The number of nitrogens with one attached hydrogen (secondary N) is 1. The first-order valence-electron chi connectivity index (χ1n) is 8.46. The van der Waals surface area contributed by atoms with E-state index in [0.717, 1.165) is 19.4 Å². The smallest absolute Gasteiger partial charge is 0.240 e. The molecule has 0 radical (unpaired) electrons. The van der Waals surface area contributed by atoms with Gasteiger partial charge in [0.15, 0.2) is 0 Å². The normalized spacial score (nSPS) is 24.0. The fraction of sp³-hybridized carbons (Fsp3) is 0.611. The van der Waals surface area contributed by atoms with Gasteiger partial charge >= 0.3 is 0 Å². The molecule has 0 unspecified atom stereocenters. The Labute approximate surface area is 133 Å². The maximum Gasteiger partial charge on any atom is 0.240 e. The third-order valence-corrected chi connectivity index (χ3v) is 5.11. The van der Waals surface area contributed by atoms with Crippen molar-refractivity contribution in [1.82, 2.24) is 10.2 Å². The van der Waals surface area contributed by atoms with Crippen LogP contribution in [-0.4, -0.2) is 28.9 Å². The number of amides is 1. The van der Waals surface area contributed by atoms with Gasteiger partial charge in [-0.3, -0.25) is 9.69 Å². The third kappa shape index (κ3) is 3.50. The van der Waals surface area contributed by atoms with E-state index in [0.29, 0.717) is 12.6 Å². The first-order chi connectivity index (χ1) is 10.6. The maximum atomic E-state index is 12.0. The van der Waals surface area contributed by atoms with Crippen molar-refractivity contribution in [2.75, 3.05) is 6.54 Å². The molecule has 1 saturated heterocycles. The highest BCUT2D eigenvalue weighted by Crippen LogP contribution is 2.32. The number of carbonyl (C=O) groups excluding carboxylic acids is 1. The van der Waals surface area contributed by atoms with Crippen LogP contribution in [0.25, 0.3) is 0 Å². The highest BCUT2D eigenvalue weighted by Gasteiger charge is 2.45. The lowest BCUT2D eigenvalue weighted by atomic mass is 10.0. The molecule has 1 aliphatic carbocycles. The summed E-state index contributed by atoms with van der Waals surface area (Å²) in [5, 5.41) is 3.01. The fourth-order valence-electron chi connectivity index (χ4n) is 3.21. The highest BCUT2D eigenvalue weighted by molar-refractivity contribution is 5.88. The lowest BCUT2D eigenvalue weighted by molar-refractivity contribution is -0.123. The minimum absolute atomic E-state index is 0.00589. The van der Waals surface area contributed by atoms with Crippen molar-refractivity contribution in [1.29, 1.82) is 0 Å². The second kappa shape index (κ2) is 6.39. The Morgan fingerprint density at radius 1 is 1.32 bits per heavy atom. The first-order valence-corrected chi connectivity index (χ1v) is 8.46. The predicted molar refractivity (Wildman–Crippen MR) is 88.2 cm³/mol. The minimum atomic E-state index is -0.587. The van der Waals surface area contributed by atoms with Crippen LogP contribution in [0, 0.1) is 0 Å². The SMILES string of the molecule is C[C@@H]1CCCCN1Cc1ccccc1CNC(=O)C1(N)CC1. The molecular formula is C18H27N3O. The summed E-state index contributed by atoms with van der Waals surface area (Å²) >= 11 is 0. The number of nitrogens with zero attached hydrogens (tertiary/aromatic N) is 1. The van der Waals surface area contributed by atoms with E-state index >= 15 is 0 Å². The summed E-state index contributed by atoms with van der Waals surface area (Å²) in [4.78, 5) is 14.6. The second-order valence-electron chi connectivity index (χ2n) is 6.92. The minimum Gasteiger partial charge on any atom is -0.350 e. The number of hydrogen-bond acceptors (Lipinski definition) is 3. The van der Waals surface area contributed by atoms with Gasteiger partial charge in [-0.15, -0.1) is 0 Å². The van der Waals surface area contributed by atoms with E-state index in [1.54, 1.807) is 0 Å². The highest BCUT2D eigenvalue weighted by atomic mass is 16.2. The molecule has 1 amide bonds. The first kappa shape index (κ1) is 15.5. The fourth-order valence-corrected chi connectivity index (χ4v) is 3.21. The Bertz CT molecular complexity index is 539. The Balaban J connectivity index is 1.63. The molecule has 2 aliphatic rings. The molecule has 120 valence electrons. The van der Waals surface area contributed by atoms with Crippen LogP contribution in [0.3, 0.4) is 0 Å².